The molecule has 2 aliphatic carbocycles. The minimum Gasteiger partial charge on any atom is -0.324 e. The summed E-state index contributed by atoms with van der Waals surface area (Å²) in [5.74, 6) is 0. The third-order valence-corrected chi connectivity index (χ3v) is 5.26. The predicted molar refractivity (Wildman–Crippen MR) is 87.0 cm³/mol. The molecule has 21 heavy (non-hydrogen) atoms. The van der Waals surface area contributed by atoms with Crippen LogP contribution in [0.15, 0.2) is 24.3 Å². The molecule has 1 atom stereocenters. The van der Waals surface area contributed by atoms with Gasteiger partial charge in [-0.1, -0.05) is 12.1 Å². The highest BCUT2D eigenvalue weighted by atomic mass is 15.0. The second-order valence-corrected chi connectivity index (χ2v) is 6.64. The van der Waals surface area contributed by atoms with Gasteiger partial charge >= 0.3 is 0 Å². The standard InChI is InChI=1S/C19H24N2/c1-13-12-16-17(20)9-5-11-19(16)21(13)18-10-4-7-14-6-2-3-8-15(14)18/h4,7,10,12,17H,2-3,5-6,8-9,11,20H2,1H3. The third kappa shape index (κ3) is 2.04. The number of nitrogens with zero attached hydrogens (tertiary/aromatic N) is 1. The minimum absolute atomic E-state index is 0.230. The number of benzene rings is 1. The molecule has 1 heterocycles. The largest absolute Gasteiger partial charge is 0.324 e. The number of hydrogen-bond acceptors (Lipinski definition) is 1. The summed E-state index contributed by atoms with van der Waals surface area (Å²) in [4.78, 5) is 0. The molecule has 0 fully saturated rings. The van der Waals surface area contributed by atoms with E-state index in [0.29, 0.717) is 0 Å². The van der Waals surface area contributed by atoms with E-state index < -0.39 is 0 Å². The number of aryl methyl sites for hydroxylation is 2. The summed E-state index contributed by atoms with van der Waals surface area (Å²) in [5.41, 5.74) is 15.1. The van der Waals surface area contributed by atoms with Gasteiger partial charge in [0, 0.05) is 23.1 Å². The number of rotatable bonds is 1. The summed E-state index contributed by atoms with van der Waals surface area (Å²) in [5, 5.41) is 0. The highest BCUT2D eigenvalue weighted by molar-refractivity contribution is 5.52. The molecule has 110 valence electrons. The van der Waals surface area contributed by atoms with Crippen LogP contribution in [0.25, 0.3) is 5.69 Å². The molecule has 2 aromatic rings. The first kappa shape index (κ1) is 13.1. The summed E-state index contributed by atoms with van der Waals surface area (Å²) in [7, 11) is 0. The van der Waals surface area contributed by atoms with Gasteiger partial charge in [0.05, 0.1) is 0 Å². The summed E-state index contributed by atoms with van der Waals surface area (Å²) < 4.78 is 2.50. The minimum atomic E-state index is 0.230. The first-order chi connectivity index (χ1) is 10.3. The highest BCUT2D eigenvalue weighted by Gasteiger charge is 2.24. The average Bonchev–Trinajstić information content (AvgIpc) is 2.84. The van der Waals surface area contributed by atoms with Crippen molar-refractivity contribution < 1.29 is 0 Å². The van der Waals surface area contributed by atoms with Crippen molar-refractivity contribution in [1.29, 1.82) is 0 Å². The Morgan fingerprint density at radius 2 is 1.95 bits per heavy atom. The molecular weight excluding hydrogens is 256 g/mol. The van der Waals surface area contributed by atoms with Crippen LogP contribution in [-0.4, -0.2) is 4.57 Å². The molecular formula is C19H24N2. The number of aromatic nitrogens is 1. The SMILES string of the molecule is Cc1cc2c(n1-c1cccc3c1CCCC3)CCCC2N. The third-order valence-electron chi connectivity index (χ3n) is 5.26. The molecule has 0 saturated heterocycles. The summed E-state index contributed by atoms with van der Waals surface area (Å²) in [6.45, 7) is 2.23. The van der Waals surface area contributed by atoms with Crippen LogP contribution in [-0.2, 0) is 19.3 Å². The zero-order valence-electron chi connectivity index (χ0n) is 12.9. The maximum Gasteiger partial charge on any atom is 0.0489 e. The quantitative estimate of drug-likeness (QED) is 0.841. The van der Waals surface area contributed by atoms with E-state index in [9.17, 15) is 0 Å². The lowest BCUT2D eigenvalue weighted by Gasteiger charge is -2.25. The monoisotopic (exact) mass is 280 g/mol. The topological polar surface area (TPSA) is 30.9 Å². The molecule has 0 aliphatic heterocycles. The molecule has 0 bridgehead atoms. The fraction of sp³-hybridized carbons (Fsp3) is 0.474. The van der Waals surface area contributed by atoms with Crippen molar-refractivity contribution in [2.24, 2.45) is 5.73 Å². The van der Waals surface area contributed by atoms with Gasteiger partial charge in [0.2, 0.25) is 0 Å². The molecule has 1 aromatic carbocycles. The van der Waals surface area contributed by atoms with Gasteiger partial charge in [-0.2, -0.15) is 0 Å². The average molecular weight is 280 g/mol. The van der Waals surface area contributed by atoms with Gasteiger partial charge in [0.15, 0.2) is 0 Å². The van der Waals surface area contributed by atoms with E-state index in [1.807, 2.05) is 0 Å². The predicted octanol–water partition coefficient (Wildman–Crippen LogP) is 4.00. The van der Waals surface area contributed by atoms with Crippen LogP contribution in [0.4, 0.5) is 0 Å². The van der Waals surface area contributed by atoms with Gasteiger partial charge < -0.3 is 10.3 Å². The summed E-state index contributed by atoms with van der Waals surface area (Å²) >= 11 is 0. The van der Waals surface area contributed by atoms with Gasteiger partial charge in [-0.25, -0.2) is 0 Å². The molecule has 2 aliphatic rings. The van der Waals surface area contributed by atoms with Crippen LogP contribution in [0.1, 0.15) is 59.8 Å². The normalized spacial score (nSPS) is 21.0. The molecule has 2 heteroatoms. The van der Waals surface area contributed by atoms with Gasteiger partial charge in [0.25, 0.3) is 0 Å². The Morgan fingerprint density at radius 1 is 1.10 bits per heavy atom. The molecule has 4 rings (SSSR count). The second-order valence-electron chi connectivity index (χ2n) is 6.64. The molecule has 1 aromatic heterocycles. The smallest absolute Gasteiger partial charge is 0.0489 e. The molecule has 1 unspecified atom stereocenters. The fourth-order valence-corrected chi connectivity index (χ4v) is 4.24. The van der Waals surface area contributed by atoms with Crippen LogP contribution < -0.4 is 5.73 Å². The van der Waals surface area contributed by atoms with Crippen LogP contribution in [0.5, 0.6) is 0 Å². The number of nitrogens with two attached hydrogens (primary N) is 1. The second kappa shape index (κ2) is 5.03. The zero-order valence-corrected chi connectivity index (χ0v) is 12.9. The Labute approximate surface area is 127 Å². The van der Waals surface area contributed by atoms with Crippen molar-refractivity contribution in [2.45, 2.75) is 57.9 Å². The summed E-state index contributed by atoms with van der Waals surface area (Å²) in [6, 6.07) is 9.40. The van der Waals surface area contributed by atoms with Crippen molar-refractivity contribution in [2.75, 3.05) is 0 Å². The Morgan fingerprint density at radius 3 is 2.86 bits per heavy atom. The van der Waals surface area contributed by atoms with E-state index >= 15 is 0 Å². The highest BCUT2D eigenvalue weighted by Crippen LogP contribution is 2.35. The zero-order chi connectivity index (χ0) is 14.4. The van der Waals surface area contributed by atoms with E-state index in [4.69, 9.17) is 5.73 Å². The first-order valence-electron chi connectivity index (χ1n) is 8.33. The van der Waals surface area contributed by atoms with Crippen LogP contribution in [0, 0.1) is 6.92 Å². The maximum atomic E-state index is 6.33. The van der Waals surface area contributed by atoms with Crippen molar-refractivity contribution in [3.05, 3.63) is 52.3 Å². The lowest BCUT2D eigenvalue weighted by molar-refractivity contribution is 0.559. The van der Waals surface area contributed by atoms with Crippen molar-refractivity contribution in [1.82, 2.24) is 4.57 Å². The van der Waals surface area contributed by atoms with Gasteiger partial charge in [0.1, 0.15) is 0 Å². The van der Waals surface area contributed by atoms with Crippen molar-refractivity contribution >= 4 is 0 Å². The maximum absolute atomic E-state index is 6.33. The van der Waals surface area contributed by atoms with Crippen LogP contribution in [0.3, 0.4) is 0 Å². The van der Waals surface area contributed by atoms with Crippen molar-refractivity contribution in [3.8, 4) is 5.69 Å². The number of hydrogen-bond donors (Lipinski definition) is 1. The molecule has 0 saturated carbocycles. The van der Waals surface area contributed by atoms with E-state index in [2.05, 4.69) is 35.8 Å². The van der Waals surface area contributed by atoms with E-state index in [-0.39, 0.29) is 6.04 Å². The molecule has 2 N–H and O–H groups in total. The fourth-order valence-electron chi connectivity index (χ4n) is 4.24. The van der Waals surface area contributed by atoms with E-state index in [0.717, 1.165) is 6.42 Å². The van der Waals surface area contributed by atoms with Crippen molar-refractivity contribution in [3.63, 3.8) is 0 Å². The lowest BCUT2D eigenvalue weighted by atomic mass is 9.90. The lowest BCUT2D eigenvalue weighted by Crippen LogP contribution is -2.18. The summed E-state index contributed by atoms with van der Waals surface area (Å²) in [6.07, 6.45) is 8.64. The van der Waals surface area contributed by atoms with E-state index in [1.165, 1.54) is 61.2 Å². The van der Waals surface area contributed by atoms with Gasteiger partial charge in [-0.15, -0.1) is 0 Å². The Bertz CT molecular complexity index is 681. The van der Waals surface area contributed by atoms with Crippen LogP contribution >= 0.6 is 0 Å². The first-order valence-corrected chi connectivity index (χ1v) is 8.33. The Hall–Kier alpha value is -1.54. The van der Waals surface area contributed by atoms with Gasteiger partial charge in [-0.3, -0.25) is 0 Å². The Kier molecular flexibility index (Phi) is 3.15. The molecule has 2 nitrogen and oxygen atoms in total. The molecule has 0 spiro atoms. The Balaban J connectivity index is 1.92. The van der Waals surface area contributed by atoms with E-state index in [1.54, 1.807) is 11.1 Å². The molecule has 0 radical (unpaired) electrons. The number of fused-ring (bicyclic) bond motifs is 2. The molecule has 0 amide bonds. The van der Waals surface area contributed by atoms with Crippen LogP contribution in [0.2, 0.25) is 0 Å². The van der Waals surface area contributed by atoms with Gasteiger partial charge in [-0.05, 0) is 80.7 Å².